The summed E-state index contributed by atoms with van der Waals surface area (Å²) in [4.78, 5) is 24.3. The summed E-state index contributed by atoms with van der Waals surface area (Å²) in [5.74, 6) is -1.57. The Kier molecular flexibility index (Phi) is 5.25. The second-order valence-electron chi connectivity index (χ2n) is 5.67. The van der Waals surface area contributed by atoms with Crippen molar-refractivity contribution >= 4 is 11.9 Å². The summed E-state index contributed by atoms with van der Waals surface area (Å²) in [5, 5.41) is 8.88. The van der Waals surface area contributed by atoms with Gasteiger partial charge in [-0.05, 0) is 44.9 Å². The van der Waals surface area contributed by atoms with Crippen molar-refractivity contribution in [3.8, 4) is 0 Å². The van der Waals surface area contributed by atoms with Crippen LogP contribution in [-0.2, 0) is 16.0 Å². The number of aryl methyl sites for hydroxylation is 1. The van der Waals surface area contributed by atoms with E-state index in [2.05, 4.69) is 0 Å². The molecule has 1 N–H and O–H groups in total. The van der Waals surface area contributed by atoms with Gasteiger partial charge < -0.3 is 10.0 Å². The number of hydrogen-bond donors (Lipinski definition) is 1. The third-order valence-electron chi connectivity index (χ3n) is 2.94. The van der Waals surface area contributed by atoms with Crippen molar-refractivity contribution in [2.75, 3.05) is 6.54 Å². The molecular weight excluding hydrogens is 261 g/mol. The molecule has 0 aliphatic heterocycles. The highest BCUT2D eigenvalue weighted by atomic mass is 19.1. The first-order valence-electron chi connectivity index (χ1n) is 6.47. The minimum absolute atomic E-state index is 0.205. The van der Waals surface area contributed by atoms with E-state index in [0.717, 1.165) is 5.56 Å². The van der Waals surface area contributed by atoms with Gasteiger partial charge in [0.15, 0.2) is 0 Å². The van der Waals surface area contributed by atoms with Crippen LogP contribution in [-0.4, -0.2) is 34.0 Å². The summed E-state index contributed by atoms with van der Waals surface area (Å²) < 4.78 is 12.8. The Bertz CT molecular complexity index is 477. The van der Waals surface area contributed by atoms with Crippen LogP contribution in [0.25, 0.3) is 0 Å². The van der Waals surface area contributed by atoms with Crippen LogP contribution in [0.3, 0.4) is 0 Å². The van der Waals surface area contributed by atoms with Crippen LogP contribution >= 0.6 is 0 Å². The standard InChI is InChI=1S/C15H20FNO3/c1-15(2,3)17(10-14(19)20)13(18)9-6-11-4-7-12(16)8-5-11/h4-5,7-8H,6,9-10H2,1-3H3,(H,19,20). The Morgan fingerprint density at radius 2 is 1.75 bits per heavy atom. The third kappa shape index (κ3) is 4.99. The van der Waals surface area contributed by atoms with E-state index >= 15 is 0 Å². The van der Waals surface area contributed by atoms with Gasteiger partial charge in [0.05, 0.1) is 0 Å². The number of carboxylic acid groups (broad SMARTS) is 1. The van der Waals surface area contributed by atoms with Crippen LogP contribution in [0, 0.1) is 5.82 Å². The number of amides is 1. The predicted molar refractivity (Wildman–Crippen MR) is 73.8 cm³/mol. The highest BCUT2D eigenvalue weighted by Crippen LogP contribution is 2.16. The first-order chi connectivity index (χ1) is 9.20. The predicted octanol–water partition coefficient (Wildman–Crippen LogP) is 2.47. The molecule has 110 valence electrons. The third-order valence-corrected chi connectivity index (χ3v) is 2.94. The zero-order valence-electron chi connectivity index (χ0n) is 12.0. The van der Waals surface area contributed by atoms with Crippen molar-refractivity contribution in [3.63, 3.8) is 0 Å². The minimum Gasteiger partial charge on any atom is -0.480 e. The fraction of sp³-hybridized carbons (Fsp3) is 0.467. The Hall–Kier alpha value is -1.91. The van der Waals surface area contributed by atoms with Gasteiger partial charge in [-0.2, -0.15) is 0 Å². The Morgan fingerprint density at radius 1 is 1.20 bits per heavy atom. The topological polar surface area (TPSA) is 57.6 Å². The van der Waals surface area contributed by atoms with Gasteiger partial charge in [0.25, 0.3) is 0 Å². The molecule has 1 aromatic rings. The van der Waals surface area contributed by atoms with Gasteiger partial charge >= 0.3 is 5.97 Å². The molecule has 20 heavy (non-hydrogen) atoms. The maximum absolute atomic E-state index is 12.8. The molecule has 0 fully saturated rings. The molecule has 0 atom stereocenters. The number of halogens is 1. The largest absolute Gasteiger partial charge is 0.480 e. The van der Waals surface area contributed by atoms with E-state index in [1.165, 1.54) is 17.0 Å². The summed E-state index contributed by atoms with van der Waals surface area (Å²) in [6.45, 7) is 5.08. The van der Waals surface area contributed by atoms with Crippen molar-refractivity contribution in [2.24, 2.45) is 0 Å². The molecule has 0 aliphatic carbocycles. The number of carbonyl (C=O) groups excluding carboxylic acids is 1. The lowest BCUT2D eigenvalue weighted by Gasteiger charge is -2.34. The molecule has 1 rings (SSSR count). The summed E-state index contributed by atoms with van der Waals surface area (Å²) >= 11 is 0. The Balaban J connectivity index is 2.67. The quantitative estimate of drug-likeness (QED) is 0.902. The van der Waals surface area contributed by atoms with Gasteiger partial charge in [-0.15, -0.1) is 0 Å². The number of benzene rings is 1. The van der Waals surface area contributed by atoms with Crippen LogP contribution in [0.5, 0.6) is 0 Å². The van der Waals surface area contributed by atoms with Crippen LogP contribution in [0.15, 0.2) is 24.3 Å². The molecule has 0 heterocycles. The average molecular weight is 281 g/mol. The van der Waals surface area contributed by atoms with Gasteiger partial charge in [-0.25, -0.2) is 4.39 Å². The monoisotopic (exact) mass is 281 g/mol. The van der Waals surface area contributed by atoms with Crippen molar-refractivity contribution in [2.45, 2.75) is 39.2 Å². The second-order valence-corrected chi connectivity index (χ2v) is 5.67. The summed E-state index contributed by atoms with van der Waals surface area (Å²) in [7, 11) is 0. The molecule has 0 saturated heterocycles. The molecule has 4 nitrogen and oxygen atoms in total. The molecule has 5 heteroatoms. The summed E-state index contributed by atoms with van der Waals surface area (Å²) in [6, 6.07) is 5.94. The lowest BCUT2D eigenvalue weighted by Crippen LogP contribution is -2.48. The lowest BCUT2D eigenvalue weighted by atomic mass is 10.0. The number of carboxylic acids is 1. The molecule has 0 bridgehead atoms. The molecule has 1 amide bonds. The van der Waals surface area contributed by atoms with Gasteiger partial charge in [0, 0.05) is 12.0 Å². The smallest absolute Gasteiger partial charge is 0.323 e. The molecule has 0 spiro atoms. The Morgan fingerprint density at radius 3 is 2.20 bits per heavy atom. The van der Waals surface area contributed by atoms with E-state index in [9.17, 15) is 14.0 Å². The highest BCUT2D eigenvalue weighted by molar-refractivity contribution is 5.82. The molecular formula is C15H20FNO3. The molecule has 0 radical (unpaired) electrons. The van der Waals surface area contributed by atoms with Crippen molar-refractivity contribution < 1.29 is 19.1 Å². The fourth-order valence-electron chi connectivity index (χ4n) is 1.87. The van der Waals surface area contributed by atoms with Crippen molar-refractivity contribution in [1.29, 1.82) is 0 Å². The number of nitrogens with zero attached hydrogens (tertiary/aromatic N) is 1. The Labute approximate surface area is 118 Å². The molecule has 0 aromatic heterocycles. The molecule has 0 saturated carbocycles. The van der Waals surface area contributed by atoms with Crippen LogP contribution < -0.4 is 0 Å². The first kappa shape index (κ1) is 16.1. The van der Waals surface area contributed by atoms with E-state index in [-0.39, 0.29) is 24.7 Å². The van der Waals surface area contributed by atoms with Gasteiger partial charge in [-0.1, -0.05) is 12.1 Å². The maximum Gasteiger partial charge on any atom is 0.323 e. The average Bonchev–Trinajstić information content (AvgIpc) is 2.33. The van der Waals surface area contributed by atoms with E-state index in [1.54, 1.807) is 32.9 Å². The zero-order chi connectivity index (χ0) is 15.3. The van der Waals surface area contributed by atoms with Gasteiger partial charge in [0.2, 0.25) is 5.91 Å². The number of rotatable bonds is 5. The van der Waals surface area contributed by atoms with Crippen LogP contribution in [0.2, 0.25) is 0 Å². The summed E-state index contributed by atoms with van der Waals surface area (Å²) in [5.41, 5.74) is 0.307. The van der Waals surface area contributed by atoms with E-state index in [1.807, 2.05) is 0 Å². The van der Waals surface area contributed by atoms with E-state index in [0.29, 0.717) is 6.42 Å². The van der Waals surface area contributed by atoms with Crippen LogP contribution in [0.1, 0.15) is 32.8 Å². The summed E-state index contributed by atoms with van der Waals surface area (Å²) in [6.07, 6.45) is 0.668. The number of aliphatic carboxylic acids is 1. The van der Waals surface area contributed by atoms with E-state index in [4.69, 9.17) is 5.11 Å². The maximum atomic E-state index is 12.8. The normalized spacial score (nSPS) is 11.2. The van der Waals surface area contributed by atoms with Crippen LogP contribution in [0.4, 0.5) is 4.39 Å². The minimum atomic E-state index is -1.03. The van der Waals surface area contributed by atoms with Crippen molar-refractivity contribution in [3.05, 3.63) is 35.6 Å². The fourth-order valence-corrected chi connectivity index (χ4v) is 1.87. The molecule has 1 aromatic carbocycles. The first-order valence-corrected chi connectivity index (χ1v) is 6.47. The van der Waals surface area contributed by atoms with E-state index < -0.39 is 11.5 Å². The molecule has 0 unspecified atom stereocenters. The SMILES string of the molecule is CC(C)(C)N(CC(=O)O)C(=O)CCc1ccc(F)cc1. The number of hydrogen-bond acceptors (Lipinski definition) is 2. The van der Waals surface area contributed by atoms with Gasteiger partial charge in [-0.3, -0.25) is 9.59 Å². The second kappa shape index (κ2) is 6.50. The molecule has 0 aliphatic rings. The zero-order valence-corrected chi connectivity index (χ0v) is 12.0. The van der Waals surface area contributed by atoms with Crippen molar-refractivity contribution in [1.82, 2.24) is 4.90 Å². The number of carbonyl (C=O) groups is 2. The lowest BCUT2D eigenvalue weighted by molar-refractivity contribution is -0.148. The highest BCUT2D eigenvalue weighted by Gasteiger charge is 2.27. The van der Waals surface area contributed by atoms with Gasteiger partial charge in [0.1, 0.15) is 12.4 Å².